The summed E-state index contributed by atoms with van der Waals surface area (Å²) in [5, 5.41) is 0.846. The molecule has 5 aromatic rings. The summed E-state index contributed by atoms with van der Waals surface area (Å²) in [7, 11) is 0. The van der Waals surface area contributed by atoms with Crippen molar-refractivity contribution >= 4 is 68.5 Å². The van der Waals surface area contributed by atoms with Crippen molar-refractivity contribution in [1.29, 1.82) is 0 Å². The third kappa shape index (κ3) is 6.43. The number of thioether (sulfide) groups is 1. The van der Waals surface area contributed by atoms with E-state index < -0.39 is 12.0 Å². The van der Waals surface area contributed by atoms with E-state index in [2.05, 4.69) is 25.9 Å². The van der Waals surface area contributed by atoms with E-state index in [-0.39, 0.29) is 23.3 Å². The van der Waals surface area contributed by atoms with Crippen molar-refractivity contribution in [2.75, 3.05) is 12.9 Å². The Bertz CT molecular complexity index is 2180. The van der Waals surface area contributed by atoms with Gasteiger partial charge in [-0.05, 0) is 71.6 Å². The van der Waals surface area contributed by atoms with E-state index in [0.29, 0.717) is 41.2 Å². The largest absolute Gasteiger partial charge is 0.463 e. The molecule has 0 saturated heterocycles. The Kier molecular flexibility index (Phi) is 9.13. The second-order valence-electron chi connectivity index (χ2n) is 9.78. The average molecular weight is 722 g/mol. The zero-order valence-corrected chi connectivity index (χ0v) is 28.2. The lowest BCUT2D eigenvalue weighted by molar-refractivity contribution is -0.138. The number of esters is 1. The highest BCUT2D eigenvalue weighted by Gasteiger charge is 2.35. The SMILES string of the molecule is CCOC(=O)C1=C(c2ccccc2)N=c2s/c(=C/c3cc(Br)c(Sc4nc(C)cc(=O)[nH]4)o3)c(=O)n2[C@@H]1c1ccc(SC)cc1. The Morgan fingerprint density at radius 3 is 2.60 bits per heavy atom. The van der Waals surface area contributed by atoms with Gasteiger partial charge in [0.2, 0.25) is 0 Å². The molecule has 9 nitrogen and oxygen atoms in total. The third-order valence-corrected chi connectivity index (χ3v) is 10.2. The summed E-state index contributed by atoms with van der Waals surface area (Å²) in [5.41, 5.74) is 2.24. The molecule has 1 N–H and O–H groups in total. The van der Waals surface area contributed by atoms with Gasteiger partial charge in [-0.3, -0.25) is 14.2 Å². The van der Waals surface area contributed by atoms with Gasteiger partial charge in [0, 0.05) is 28.3 Å². The lowest BCUT2D eigenvalue weighted by atomic mass is 9.93. The molecule has 2 aromatic carbocycles. The number of aromatic amines is 1. The maximum Gasteiger partial charge on any atom is 0.338 e. The van der Waals surface area contributed by atoms with E-state index in [1.54, 1.807) is 42.3 Å². The number of thiazole rings is 1. The Labute approximate surface area is 277 Å². The van der Waals surface area contributed by atoms with Crippen molar-refractivity contribution in [2.45, 2.75) is 35.0 Å². The van der Waals surface area contributed by atoms with Crippen molar-refractivity contribution in [3.8, 4) is 0 Å². The van der Waals surface area contributed by atoms with Crippen LogP contribution in [0.4, 0.5) is 0 Å². The zero-order chi connectivity index (χ0) is 31.7. The number of H-pyrrole nitrogens is 1. The number of nitrogens with one attached hydrogen (secondary N) is 1. The van der Waals surface area contributed by atoms with E-state index >= 15 is 0 Å². The number of hydrogen-bond acceptors (Lipinski definition) is 10. The van der Waals surface area contributed by atoms with Crippen LogP contribution in [0, 0.1) is 6.92 Å². The molecular formula is C32H25BrN4O5S3. The second kappa shape index (κ2) is 13.2. The first kappa shape index (κ1) is 31.1. The van der Waals surface area contributed by atoms with Gasteiger partial charge in [-0.1, -0.05) is 53.8 Å². The Morgan fingerprint density at radius 1 is 1.16 bits per heavy atom. The molecule has 3 aromatic heterocycles. The first-order valence-electron chi connectivity index (χ1n) is 13.7. The summed E-state index contributed by atoms with van der Waals surface area (Å²) < 4.78 is 14.1. The number of ether oxygens (including phenoxy) is 1. The fraction of sp³-hybridized carbons (Fsp3) is 0.156. The molecule has 228 valence electrons. The van der Waals surface area contributed by atoms with Crippen molar-refractivity contribution in [2.24, 2.45) is 4.99 Å². The van der Waals surface area contributed by atoms with Crippen LogP contribution in [-0.4, -0.2) is 33.4 Å². The summed E-state index contributed by atoms with van der Waals surface area (Å²) in [4.78, 5) is 53.1. The number of rotatable bonds is 8. The number of halogens is 1. The van der Waals surface area contributed by atoms with Crippen LogP contribution in [-0.2, 0) is 9.53 Å². The fourth-order valence-electron chi connectivity index (χ4n) is 4.87. The number of nitrogens with zero attached hydrogens (tertiary/aromatic N) is 3. The van der Waals surface area contributed by atoms with Crippen LogP contribution in [0.3, 0.4) is 0 Å². The summed E-state index contributed by atoms with van der Waals surface area (Å²) in [5.74, 6) is -0.119. The quantitative estimate of drug-likeness (QED) is 0.126. The zero-order valence-electron chi connectivity index (χ0n) is 24.2. The predicted molar refractivity (Wildman–Crippen MR) is 179 cm³/mol. The Hall–Kier alpha value is -3.91. The second-order valence-corrected chi connectivity index (χ2v) is 13.5. The first-order valence-corrected chi connectivity index (χ1v) is 17.4. The van der Waals surface area contributed by atoms with Crippen LogP contribution >= 0.6 is 50.8 Å². The normalized spacial score (nSPS) is 14.8. The van der Waals surface area contributed by atoms with Crippen LogP contribution in [0.2, 0.25) is 0 Å². The van der Waals surface area contributed by atoms with Crippen LogP contribution < -0.4 is 20.5 Å². The standard InChI is InChI=1S/C32H25BrN4O5S3/c1-4-41-29(40)25-26(18-8-6-5-7-9-18)36-32-37(27(25)19-10-12-21(43-3)13-11-19)28(39)23(44-32)16-20-15-22(33)30(42-20)45-31-34-17(2)14-24(38)35-31/h5-16,27H,4H2,1-3H3,(H,34,35,38)/b23-16+/t27-/m1/s1. The highest BCUT2D eigenvalue weighted by atomic mass is 79.9. The minimum absolute atomic E-state index is 0.173. The molecule has 1 aliphatic rings. The molecule has 6 rings (SSSR count). The lowest BCUT2D eigenvalue weighted by Crippen LogP contribution is -2.40. The molecule has 0 amide bonds. The van der Waals surface area contributed by atoms with E-state index in [4.69, 9.17) is 14.1 Å². The maximum absolute atomic E-state index is 14.1. The number of furan rings is 1. The molecule has 1 atom stereocenters. The van der Waals surface area contributed by atoms with E-state index in [0.717, 1.165) is 27.8 Å². The van der Waals surface area contributed by atoms with Gasteiger partial charge in [0.15, 0.2) is 15.1 Å². The number of fused-ring (bicyclic) bond motifs is 1. The molecule has 0 radical (unpaired) electrons. The highest BCUT2D eigenvalue weighted by molar-refractivity contribution is 9.10. The van der Waals surface area contributed by atoms with Crippen LogP contribution in [0.15, 0.2) is 111 Å². The molecule has 4 heterocycles. The molecule has 0 unspecified atom stereocenters. The van der Waals surface area contributed by atoms with Gasteiger partial charge in [0.05, 0.1) is 32.9 Å². The minimum Gasteiger partial charge on any atom is -0.463 e. The summed E-state index contributed by atoms with van der Waals surface area (Å²) in [6.07, 6.45) is 3.64. The van der Waals surface area contributed by atoms with Crippen molar-refractivity contribution in [3.63, 3.8) is 0 Å². The summed E-state index contributed by atoms with van der Waals surface area (Å²) in [6.45, 7) is 3.66. The van der Waals surface area contributed by atoms with Crippen molar-refractivity contribution in [3.05, 3.63) is 129 Å². The molecular weight excluding hydrogens is 696 g/mol. The maximum atomic E-state index is 14.1. The Morgan fingerprint density at radius 2 is 1.91 bits per heavy atom. The van der Waals surface area contributed by atoms with Gasteiger partial charge in [-0.15, -0.1) is 11.8 Å². The first-order chi connectivity index (χ1) is 21.7. The molecule has 0 fully saturated rings. The topological polar surface area (TPSA) is 120 Å². The van der Waals surface area contributed by atoms with Gasteiger partial charge in [-0.2, -0.15) is 0 Å². The average Bonchev–Trinajstić information content (AvgIpc) is 3.53. The molecule has 0 spiro atoms. The number of benzene rings is 2. The van der Waals surface area contributed by atoms with Gasteiger partial charge in [0.25, 0.3) is 11.1 Å². The van der Waals surface area contributed by atoms with E-state index in [1.165, 1.54) is 17.4 Å². The summed E-state index contributed by atoms with van der Waals surface area (Å²) >= 11 is 7.48. The van der Waals surface area contributed by atoms with Crippen LogP contribution in [0.25, 0.3) is 11.8 Å². The molecule has 0 saturated carbocycles. The number of aryl methyl sites for hydroxylation is 1. The van der Waals surface area contributed by atoms with E-state index in [1.807, 2.05) is 60.9 Å². The fourth-order valence-corrected chi connectivity index (χ4v) is 7.62. The van der Waals surface area contributed by atoms with Gasteiger partial charge in [-0.25, -0.2) is 14.8 Å². The number of hydrogen-bond donors (Lipinski definition) is 1. The van der Waals surface area contributed by atoms with Crippen molar-refractivity contribution < 1.29 is 13.9 Å². The van der Waals surface area contributed by atoms with Crippen LogP contribution in [0.1, 0.15) is 35.5 Å². The smallest absolute Gasteiger partial charge is 0.338 e. The monoisotopic (exact) mass is 720 g/mol. The molecule has 0 bridgehead atoms. The highest BCUT2D eigenvalue weighted by Crippen LogP contribution is 2.36. The molecule has 1 aliphatic heterocycles. The summed E-state index contributed by atoms with van der Waals surface area (Å²) in [6, 6.07) is 19.6. The number of carbonyl (C=O) groups excluding carboxylic acids is 1. The van der Waals surface area contributed by atoms with Gasteiger partial charge < -0.3 is 14.1 Å². The van der Waals surface area contributed by atoms with Gasteiger partial charge >= 0.3 is 5.97 Å². The van der Waals surface area contributed by atoms with Crippen LogP contribution in [0.5, 0.6) is 0 Å². The lowest BCUT2D eigenvalue weighted by Gasteiger charge is -2.26. The van der Waals surface area contributed by atoms with Gasteiger partial charge in [0.1, 0.15) is 5.76 Å². The predicted octanol–water partition coefficient (Wildman–Crippen LogP) is 5.56. The van der Waals surface area contributed by atoms with Crippen molar-refractivity contribution in [1.82, 2.24) is 14.5 Å². The van der Waals surface area contributed by atoms with E-state index in [9.17, 15) is 14.4 Å². The third-order valence-electron chi connectivity index (χ3n) is 6.79. The minimum atomic E-state index is -0.771. The molecule has 0 aliphatic carbocycles. The molecule has 13 heteroatoms. The Balaban J connectivity index is 1.52. The number of aromatic nitrogens is 3. The number of carbonyl (C=O) groups is 1. The molecule has 45 heavy (non-hydrogen) atoms.